The summed E-state index contributed by atoms with van der Waals surface area (Å²) in [7, 11) is -3.24. The molecule has 0 radical (unpaired) electrons. The maximum absolute atomic E-state index is 11.5. The van der Waals surface area contributed by atoms with Crippen molar-refractivity contribution in [2.75, 3.05) is 12.4 Å². The summed E-state index contributed by atoms with van der Waals surface area (Å²) >= 11 is 0. The normalized spacial score (nSPS) is 16.9. The van der Waals surface area contributed by atoms with E-state index < -0.39 is 14.6 Å². The molecule has 0 fully saturated rings. The number of hydrogen-bond donors (Lipinski definition) is 1. The second kappa shape index (κ2) is 4.05. The molecule has 72 valence electrons. The fourth-order valence-corrected chi connectivity index (χ4v) is 2.24. The molecule has 3 nitrogen and oxygen atoms in total. The summed E-state index contributed by atoms with van der Waals surface area (Å²) < 4.78 is 22.1. The maximum Gasteiger partial charge on any atom is 0.161 e. The molecule has 1 unspecified atom stereocenters. The molecular weight excluding hydrogens is 176 g/mol. The summed E-state index contributed by atoms with van der Waals surface area (Å²) in [6, 6.07) is 0. The molecule has 0 aromatic carbocycles. The highest BCUT2D eigenvalue weighted by Gasteiger charge is 2.33. The zero-order valence-electron chi connectivity index (χ0n) is 7.58. The number of aliphatic hydroxyl groups is 1. The quantitative estimate of drug-likeness (QED) is 0.654. The number of sulfone groups is 1. The average Bonchev–Trinajstić information content (AvgIpc) is 2.02. The van der Waals surface area contributed by atoms with Crippen LogP contribution in [0.4, 0.5) is 0 Å². The molecule has 4 heteroatoms. The fraction of sp³-hybridized carbons (Fsp3) is 0.750. The Labute approximate surface area is 74.0 Å². The predicted molar refractivity (Wildman–Crippen MR) is 49.8 cm³/mol. The summed E-state index contributed by atoms with van der Waals surface area (Å²) in [6.07, 6.45) is 1.91. The van der Waals surface area contributed by atoms with E-state index in [1.807, 2.05) is 0 Å². The minimum Gasteiger partial charge on any atom is -0.395 e. The summed E-state index contributed by atoms with van der Waals surface area (Å²) in [5, 5.41) is 8.54. The van der Waals surface area contributed by atoms with Crippen LogP contribution < -0.4 is 0 Å². The molecule has 0 heterocycles. The third kappa shape index (κ3) is 2.08. The van der Waals surface area contributed by atoms with Gasteiger partial charge < -0.3 is 5.11 Å². The van der Waals surface area contributed by atoms with E-state index in [-0.39, 0.29) is 12.4 Å². The second-order valence-electron chi connectivity index (χ2n) is 2.91. The van der Waals surface area contributed by atoms with Gasteiger partial charge in [-0.25, -0.2) is 8.42 Å². The van der Waals surface area contributed by atoms with E-state index in [1.54, 1.807) is 13.8 Å². The summed E-state index contributed by atoms with van der Waals surface area (Å²) in [4.78, 5) is 0. The van der Waals surface area contributed by atoms with Crippen LogP contribution in [-0.4, -0.2) is 30.6 Å². The minimum atomic E-state index is -3.24. The van der Waals surface area contributed by atoms with Crippen molar-refractivity contribution in [2.45, 2.75) is 25.0 Å². The van der Waals surface area contributed by atoms with E-state index in [2.05, 4.69) is 6.58 Å². The first-order chi connectivity index (χ1) is 5.43. The van der Waals surface area contributed by atoms with Crippen molar-refractivity contribution in [1.29, 1.82) is 0 Å². The van der Waals surface area contributed by atoms with Gasteiger partial charge in [0.05, 0.1) is 17.1 Å². The maximum atomic E-state index is 11.5. The molecule has 1 N–H and O–H groups in total. The van der Waals surface area contributed by atoms with Gasteiger partial charge in [-0.3, -0.25) is 0 Å². The highest BCUT2D eigenvalue weighted by Crippen LogP contribution is 2.22. The Morgan fingerprint density at radius 1 is 1.58 bits per heavy atom. The highest BCUT2D eigenvalue weighted by atomic mass is 32.2. The first-order valence-corrected chi connectivity index (χ1v) is 5.55. The van der Waals surface area contributed by atoms with Crippen molar-refractivity contribution in [2.24, 2.45) is 0 Å². The van der Waals surface area contributed by atoms with Gasteiger partial charge in [-0.1, -0.05) is 13.0 Å². The molecule has 0 amide bonds. The van der Waals surface area contributed by atoms with E-state index in [4.69, 9.17) is 5.11 Å². The molecular formula is C8H16O3S. The van der Waals surface area contributed by atoms with Gasteiger partial charge in [0.15, 0.2) is 9.84 Å². The first-order valence-electron chi connectivity index (χ1n) is 3.90. The molecule has 0 saturated heterocycles. The largest absolute Gasteiger partial charge is 0.395 e. The van der Waals surface area contributed by atoms with Crippen LogP contribution in [0.3, 0.4) is 0 Å². The molecule has 0 aromatic heterocycles. The van der Waals surface area contributed by atoms with Gasteiger partial charge in [-0.05, 0) is 13.3 Å². The van der Waals surface area contributed by atoms with Gasteiger partial charge >= 0.3 is 0 Å². The van der Waals surface area contributed by atoms with Crippen molar-refractivity contribution in [1.82, 2.24) is 0 Å². The lowest BCUT2D eigenvalue weighted by molar-refractivity contribution is 0.318. The Bertz CT molecular complexity index is 243. The van der Waals surface area contributed by atoms with Crippen LogP contribution in [-0.2, 0) is 9.84 Å². The number of aliphatic hydroxyl groups excluding tert-OH is 1. The topological polar surface area (TPSA) is 54.4 Å². The van der Waals surface area contributed by atoms with E-state index in [9.17, 15) is 8.42 Å². The van der Waals surface area contributed by atoms with Crippen molar-refractivity contribution in [3.05, 3.63) is 12.7 Å². The van der Waals surface area contributed by atoms with Crippen LogP contribution in [0.15, 0.2) is 12.7 Å². The van der Waals surface area contributed by atoms with E-state index in [0.29, 0.717) is 6.42 Å². The molecule has 0 spiro atoms. The van der Waals surface area contributed by atoms with Gasteiger partial charge in [0.1, 0.15) is 0 Å². The third-order valence-electron chi connectivity index (χ3n) is 2.20. The molecule has 0 aliphatic rings. The lowest BCUT2D eigenvalue weighted by atomic mass is 10.1. The highest BCUT2D eigenvalue weighted by molar-refractivity contribution is 7.92. The van der Waals surface area contributed by atoms with E-state index in [1.165, 1.54) is 6.08 Å². The Morgan fingerprint density at radius 2 is 2.08 bits per heavy atom. The molecule has 12 heavy (non-hydrogen) atoms. The van der Waals surface area contributed by atoms with Crippen molar-refractivity contribution in [3.8, 4) is 0 Å². The molecule has 1 atom stereocenters. The zero-order chi connectivity index (χ0) is 9.83. The lowest BCUT2D eigenvalue weighted by Gasteiger charge is -2.23. The molecule has 0 aliphatic heterocycles. The van der Waals surface area contributed by atoms with Crippen molar-refractivity contribution >= 4 is 9.84 Å². The second-order valence-corrected chi connectivity index (χ2v) is 5.48. The van der Waals surface area contributed by atoms with Crippen LogP contribution in [0.5, 0.6) is 0 Å². The first kappa shape index (κ1) is 11.6. The van der Waals surface area contributed by atoms with Crippen LogP contribution in [0.1, 0.15) is 20.3 Å². The van der Waals surface area contributed by atoms with Gasteiger partial charge in [0.25, 0.3) is 0 Å². The summed E-state index contributed by atoms with van der Waals surface area (Å²) in [5.41, 5.74) is 0. The van der Waals surface area contributed by atoms with Crippen LogP contribution in [0, 0.1) is 0 Å². The Kier molecular flexibility index (Phi) is 3.93. The summed E-state index contributed by atoms with van der Waals surface area (Å²) in [5.74, 6) is -0.191. The van der Waals surface area contributed by atoms with Crippen LogP contribution in [0.2, 0.25) is 0 Å². The zero-order valence-corrected chi connectivity index (χ0v) is 8.39. The smallest absolute Gasteiger partial charge is 0.161 e. The van der Waals surface area contributed by atoms with Crippen LogP contribution in [0.25, 0.3) is 0 Å². The van der Waals surface area contributed by atoms with Gasteiger partial charge in [0.2, 0.25) is 0 Å². The predicted octanol–water partition coefficient (Wildman–Crippen LogP) is 0.748. The van der Waals surface area contributed by atoms with Crippen molar-refractivity contribution in [3.63, 3.8) is 0 Å². The van der Waals surface area contributed by atoms with Crippen molar-refractivity contribution < 1.29 is 13.5 Å². The van der Waals surface area contributed by atoms with Gasteiger partial charge in [-0.15, -0.1) is 6.58 Å². The Balaban J connectivity index is 4.85. The molecule has 0 bridgehead atoms. The Hall–Kier alpha value is -0.350. The third-order valence-corrected chi connectivity index (χ3v) is 4.80. The average molecular weight is 192 g/mol. The standard InChI is InChI=1S/C8H16O3S/c1-4-8(3,5-2)12(10,11)7-6-9/h4,9H,1,5-7H2,2-3H3. The fourth-order valence-electron chi connectivity index (χ4n) is 0.845. The number of rotatable bonds is 5. The molecule has 0 aliphatic carbocycles. The van der Waals surface area contributed by atoms with Gasteiger partial charge in [0, 0.05) is 0 Å². The monoisotopic (exact) mass is 192 g/mol. The summed E-state index contributed by atoms with van der Waals surface area (Å²) in [6.45, 7) is 6.57. The van der Waals surface area contributed by atoms with Gasteiger partial charge in [-0.2, -0.15) is 0 Å². The van der Waals surface area contributed by atoms with Crippen LogP contribution >= 0.6 is 0 Å². The van der Waals surface area contributed by atoms with E-state index >= 15 is 0 Å². The number of hydrogen-bond acceptors (Lipinski definition) is 3. The lowest BCUT2D eigenvalue weighted by Crippen LogP contribution is -2.35. The van der Waals surface area contributed by atoms with E-state index in [0.717, 1.165) is 0 Å². The Morgan fingerprint density at radius 3 is 2.33 bits per heavy atom. The minimum absolute atomic E-state index is 0.191. The molecule has 0 saturated carbocycles. The molecule has 0 aromatic rings. The SMILES string of the molecule is C=CC(C)(CC)S(=O)(=O)CCO. The molecule has 0 rings (SSSR count).